The number of hydrogen-bond donors (Lipinski definition) is 1. The first kappa shape index (κ1) is 15.7. The van der Waals surface area contributed by atoms with Gasteiger partial charge in [-0.05, 0) is 40.8 Å². The van der Waals surface area contributed by atoms with Crippen LogP contribution in [0.15, 0.2) is 42.5 Å². The third-order valence-electron chi connectivity index (χ3n) is 3.46. The fourth-order valence-corrected chi connectivity index (χ4v) is 2.24. The third-order valence-corrected chi connectivity index (χ3v) is 3.71. The lowest BCUT2D eigenvalue weighted by Crippen LogP contribution is -2.12. The van der Waals surface area contributed by atoms with Crippen LogP contribution in [0.4, 0.5) is 5.69 Å². The molecule has 112 valence electrons. The molecule has 0 amide bonds. The van der Waals surface area contributed by atoms with Gasteiger partial charge >= 0.3 is 0 Å². The number of halogens is 1. The molecule has 0 saturated heterocycles. The van der Waals surface area contributed by atoms with Crippen LogP contribution in [0.1, 0.15) is 31.9 Å². The van der Waals surface area contributed by atoms with Gasteiger partial charge in [-0.2, -0.15) is 0 Å². The van der Waals surface area contributed by atoms with Crippen LogP contribution in [0.5, 0.6) is 5.75 Å². The molecule has 0 aliphatic carbocycles. The lowest BCUT2D eigenvalue weighted by atomic mass is 9.87. The summed E-state index contributed by atoms with van der Waals surface area (Å²) in [5.74, 6) is 0.858. The molecule has 0 unspecified atom stereocenters. The summed E-state index contributed by atoms with van der Waals surface area (Å²) in [5, 5.41) is 4.20. The van der Waals surface area contributed by atoms with E-state index in [-0.39, 0.29) is 5.41 Å². The van der Waals surface area contributed by atoms with Crippen molar-refractivity contribution in [3.8, 4) is 5.75 Å². The van der Waals surface area contributed by atoms with E-state index in [1.165, 1.54) is 11.1 Å². The minimum atomic E-state index is 0.114. The van der Waals surface area contributed by atoms with E-state index in [9.17, 15) is 0 Å². The highest BCUT2D eigenvalue weighted by Gasteiger charge is 2.15. The Morgan fingerprint density at radius 1 is 1.05 bits per heavy atom. The maximum absolute atomic E-state index is 5.91. The van der Waals surface area contributed by atoms with Gasteiger partial charge in [0.1, 0.15) is 5.75 Å². The van der Waals surface area contributed by atoms with Crippen molar-refractivity contribution in [2.24, 2.45) is 0 Å². The first-order valence-corrected chi connectivity index (χ1v) is 7.45. The van der Waals surface area contributed by atoms with Crippen molar-refractivity contribution in [1.29, 1.82) is 0 Å². The first-order valence-electron chi connectivity index (χ1n) is 7.07. The molecule has 0 radical (unpaired) electrons. The lowest BCUT2D eigenvalue weighted by Gasteiger charge is -2.21. The molecule has 3 heteroatoms. The summed E-state index contributed by atoms with van der Waals surface area (Å²) in [6.07, 6.45) is 0. The van der Waals surface area contributed by atoms with Crippen LogP contribution in [0.25, 0.3) is 0 Å². The highest BCUT2D eigenvalue weighted by atomic mass is 35.5. The Morgan fingerprint density at radius 2 is 1.71 bits per heavy atom. The smallest absolute Gasteiger partial charge is 0.141 e. The molecular formula is C18H22ClNO. The van der Waals surface area contributed by atoms with E-state index in [1.54, 1.807) is 7.11 Å². The molecule has 0 aliphatic rings. The monoisotopic (exact) mass is 303 g/mol. The molecule has 1 N–H and O–H groups in total. The number of anilines is 1. The van der Waals surface area contributed by atoms with Gasteiger partial charge in [0, 0.05) is 11.6 Å². The Balaban J connectivity index is 2.19. The number of benzene rings is 2. The fourth-order valence-electron chi connectivity index (χ4n) is 2.11. The fraction of sp³-hybridized carbons (Fsp3) is 0.333. The van der Waals surface area contributed by atoms with Gasteiger partial charge in [-0.15, -0.1) is 0 Å². The van der Waals surface area contributed by atoms with Crippen LogP contribution in [-0.2, 0) is 12.0 Å². The molecule has 0 aromatic heterocycles. The van der Waals surface area contributed by atoms with Crippen LogP contribution < -0.4 is 10.1 Å². The third kappa shape index (κ3) is 4.15. The summed E-state index contributed by atoms with van der Waals surface area (Å²) in [7, 11) is 1.69. The molecule has 0 bridgehead atoms. The van der Waals surface area contributed by atoms with Gasteiger partial charge in [0.25, 0.3) is 0 Å². The van der Waals surface area contributed by atoms with Gasteiger partial charge in [-0.25, -0.2) is 0 Å². The normalized spacial score (nSPS) is 11.3. The van der Waals surface area contributed by atoms with E-state index in [0.717, 1.165) is 23.0 Å². The van der Waals surface area contributed by atoms with Gasteiger partial charge in [0.2, 0.25) is 0 Å². The summed E-state index contributed by atoms with van der Waals surface area (Å²) >= 11 is 5.91. The highest BCUT2D eigenvalue weighted by Crippen LogP contribution is 2.31. The Hall–Kier alpha value is -1.67. The molecule has 0 heterocycles. The van der Waals surface area contributed by atoms with Crippen molar-refractivity contribution in [1.82, 2.24) is 0 Å². The van der Waals surface area contributed by atoms with E-state index >= 15 is 0 Å². The highest BCUT2D eigenvalue weighted by molar-refractivity contribution is 6.30. The van der Waals surface area contributed by atoms with E-state index in [0.29, 0.717) is 0 Å². The van der Waals surface area contributed by atoms with Crippen LogP contribution in [-0.4, -0.2) is 7.11 Å². The second-order valence-electron chi connectivity index (χ2n) is 6.15. The van der Waals surface area contributed by atoms with Crippen molar-refractivity contribution < 1.29 is 4.74 Å². The molecule has 0 spiro atoms. The van der Waals surface area contributed by atoms with Crippen molar-refractivity contribution in [2.45, 2.75) is 32.7 Å². The van der Waals surface area contributed by atoms with Crippen molar-refractivity contribution in [3.05, 3.63) is 58.6 Å². The number of ether oxygens (including phenoxy) is 1. The summed E-state index contributed by atoms with van der Waals surface area (Å²) < 4.78 is 5.44. The molecule has 0 saturated carbocycles. The van der Waals surface area contributed by atoms with Crippen LogP contribution in [0.3, 0.4) is 0 Å². The minimum Gasteiger partial charge on any atom is -0.495 e. The number of rotatable bonds is 4. The molecule has 0 fully saturated rings. The largest absolute Gasteiger partial charge is 0.495 e. The van der Waals surface area contributed by atoms with Crippen LogP contribution in [0.2, 0.25) is 5.02 Å². The quantitative estimate of drug-likeness (QED) is 0.832. The summed E-state index contributed by atoms with van der Waals surface area (Å²) in [4.78, 5) is 0. The van der Waals surface area contributed by atoms with Gasteiger partial charge in [-0.3, -0.25) is 0 Å². The number of nitrogens with one attached hydrogen (secondary N) is 1. The zero-order valence-electron chi connectivity index (χ0n) is 13.0. The topological polar surface area (TPSA) is 21.3 Å². The molecule has 2 aromatic carbocycles. The Kier molecular flexibility index (Phi) is 4.79. The maximum Gasteiger partial charge on any atom is 0.141 e. The second-order valence-corrected chi connectivity index (χ2v) is 6.58. The Morgan fingerprint density at radius 3 is 2.29 bits per heavy atom. The van der Waals surface area contributed by atoms with Crippen molar-refractivity contribution in [2.75, 3.05) is 12.4 Å². The summed E-state index contributed by atoms with van der Waals surface area (Å²) in [5.41, 5.74) is 3.59. The van der Waals surface area contributed by atoms with E-state index < -0.39 is 0 Å². The van der Waals surface area contributed by atoms with E-state index in [4.69, 9.17) is 16.3 Å². The molecule has 0 aliphatic heterocycles. The zero-order chi connectivity index (χ0) is 15.5. The minimum absolute atomic E-state index is 0.114. The SMILES string of the molecule is COc1ccc(C(C)(C)C)cc1NCc1ccc(Cl)cc1. The number of methoxy groups -OCH3 is 1. The van der Waals surface area contributed by atoms with Crippen molar-refractivity contribution >= 4 is 17.3 Å². The predicted molar refractivity (Wildman–Crippen MR) is 90.5 cm³/mol. The summed E-state index contributed by atoms with van der Waals surface area (Å²) in [6, 6.07) is 14.2. The Bertz CT molecular complexity index is 600. The first-order chi connectivity index (χ1) is 9.90. The van der Waals surface area contributed by atoms with E-state index in [1.807, 2.05) is 30.3 Å². The predicted octanol–water partition coefficient (Wildman–Crippen LogP) is 5.26. The van der Waals surface area contributed by atoms with Crippen LogP contribution in [0, 0.1) is 0 Å². The molecule has 2 nitrogen and oxygen atoms in total. The van der Waals surface area contributed by atoms with Gasteiger partial charge in [0.15, 0.2) is 0 Å². The molecule has 2 rings (SSSR count). The average Bonchev–Trinajstić information content (AvgIpc) is 2.45. The molecule has 21 heavy (non-hydrogen) atoms. The van der Waals surface area contributed by atoms with Gasteiger partial charge < -0.3 is 10.1 Å². The maximum atomic E-state index is 5.91. The molecular weight excluding hydrogens is 282 g/mol. The average molecular weight is 304 g/mol. The second kappa shape index (κ2) is 6.40. The molecule has 2 aromatic rings. The standard InChI is InChI=1S/C18H22ClNO/c1-18(2,3)14-7-10-17(21-4)16(11-14)20-12-13-5-8-15(19)9-6-13/h5-11,20H,12H2,1-4H3. The van der Waals surface area contributed by atoms with Crippen LogP contribution >= 0.6 is 11.6 Å². The summed E-state index contributed by atoms with van der Waals surface area (Å²) in [6.45, 7) is 7.36. The number of hydrogen-bond acceptors (Lipinski definition) is 2. The Labute approximate surface area is 132 Å². The molecule has 0 atom stereocenters. The van der Waals surface area contributed by atoms with Gasteiger partial charge in [-0.1, -0.05) is 50.6 Å². The van der Waals surface area contributed by atoms with E-state index in [2.05, 4.69) is 38.2 Å². The van der Waals surface area contributed by atoms with Gasteiger partial charge in [0.05, 0.1) is 12.8 Å². The lowest BCUT2D eigenvalue weighted by molar-refractivity contribution is 0.416. The zero-order valence-corrected chi connectivity index (χ0v) is 13.8. The van der Waals surface area contributed by atoms with Crippen molar-refractivity contribution in [3.63, 3.8) is 0 Å².